The smallest absolute Gasteiger partial charge is 0.0480 e. The van der Waals surface area contributed by atoms with Gasteiger partial charge >= 0.3 is 0 Å². The Morgan fingerprint density at radius 1 is 0.400 bits per heavy atom. The van der Waals surface area contributed by atoms with Gasteiger partial charge in [-0.2, -0.15) is 0 Å². The number of alkyl halides is 3. The Labute approximate surface area is 193 Å². The molecule has 0 heterocycles. The van der Waals surface area contributed by atoms with Crippen LogP contribution in [0.5, 0.6) is 0 Å². The molecule has 30 heavy (non-hydrogen) atoms. The van der Waals surface area contributed by atoms with Gasteiger partial charge in [0.05, 0.1) is 0 Å². The van der Waals surface area contributed by atoms with E-state index in [-0.39, 0.29) is 0 Å². The van der Waals surface area contributed by atoms with Crippen LogP contribution in [-0.2, 0) is 17.6 Å². The fourth-order valence-electron chi connectivity index (χ4n) is 3.85. The van der Waals surface area contributed by atoms with Crippen LogP contribution in [0.2, 0.25) is 0 Å². The maximum Gasteiger partial charge on any atom is 0.0480 e. The van der Waals surface area contributed by atoms with Gasteiger partial charge in [-0.05, 0) is 68.3 Å². The molecule has 0 radical (unpaired) electrons. The van der Waals surface area contributed by atoms with Crippen LogP contribution in [0.15, 0.2) is 91.0 Å². The van der Waals surface area contributed by atoms with E-state index in [2.05, 4.69) is 72.8 Å². The van der Waals surface area contributed by atoms with Gasteiger partial charge in [-0.25, -0.2) is 0 Å². The van der Waals surface area contributed by atoms with E-state index in [1.165, 1.54) is 0 Å². The van der Waals surface area contributed by atoms with E-state index < -0.39 is 0 Å². The molecule has 4 rings (SSSR count). The van der Waals surface area contributed by atoms with E-state index in [0.29, 0.717) is 17.6 Å². The molecule has 3 heteroatoms. The fraction of sp³-hybridized carbons (Fsp3) is 0.111. The minimum Gasteiger partial charge on any atom is -0.122 e. The van der Waals surface area contributed by atoms with Crippen LogP contribution in [0.25, 0.3) is 33.4 Å². The highest BCUT2D eigenvalue weighted by molar-refractivity contribution is 6.18. The minimum absolute atomic E-state index is 0.465. The molecule has 4 aromatic rings. The summed E-state index contributed by atoms with van der Waals surface area (Å²) in [6, 6.07) is 31.5. The van der Waals surface area contributed by atoms with Gasteiger partial charge in [0.15, 0.2) is 0 Å². The summed E-state index contributed by atoms with van der Waals surface area (Å²) in [4.78, 5) is 0. The lowest BCUT2D eigenvalue weighted by Crippen LogP contribution is -1.93. The molecule has 0 fully saturated rings. The Morgan fingerprint density at radius 2 is 0.667 bits per heavy atom. The molecule has 0 N–H and O–H groups in total. The summed E-state index contributed by atoms with van der Waals surface area (Å²) in [6.45, 7) is 0. The van der Waals surface area contributed by atoms with Crippen molar-refractivity contribution in [3.8, 4) is 33.4 Å². The van der Waals surface area contributed by atoms with Crippen molar-refractivity contribution in [1.82, 2.24) is 0 Å². The first-order chi connectivity index (χ1) is 14.7. The molecule has 0 unspecified atom stereocenters. The summed E-state index contributed by atoms with van der Waals surface area (Å²) in [7, 11) is 0. The highest BCUT2D eigenvalue weighted by Gasteiger charge is 2.13. The maximum absolute atomic E-state index is 6.26. The lowest BCUT2D eigenvalue weighted by Gasteiger charge is -2.16. The van der Waals surface area contributed by atoms with Crippen LogP contribution in [0.4, 0.5) is 0 Å². The zero-order valence-electron chi connectivity index (χ0n) is 16.4. The molecule has 0 atom stereocenters. The van der Waals surface area contributed by atoms with Crippen LogP contribution in [0.3, 0.4) is 0 Å². The van der Waals surface area contributed by atoms with E-state index in [0.717, 1.165) is 50.1 Å². The van der Waals surface area contributed by atoms with Crippen LogP contribution in [0, 0.1) is 0 Å². The van der Waals surface area contributed by atoms with Crippen molar-refractivity contribution < 1.29 is 0 Å². The molecule has 0 aliphatic heterocycles. The zero-order valence-corrected chi connectivity index (χ0v) is 18.7. The average molecular weight is 452 g/mol. The highest BCUT2D eigenvalue weighted by Crippen LogP contribution is 2.37. The normalized spacial score (nSPS) is 10.9. The summed E-state index contributed by atoms with van der Waals surface area (Å²) in [6.07, 6.45) is 0. The van der Waals surface area contributed by atoms with Gasteiger partial charge in [0.25, 0.3) is 0 Å². The van der Waals surface area contributed by atoms with Gasteiger partial charge in [0.1, 0.15) is 0 Å². The average Bonchev–Trinajstić information content (AvgIpc) is 2.83. The van der Waals surface area contributed by atoms with Crippen molar-refractivity contribution >= 4 is 34.8 Å². The van der Waals surface area contributed by atoms with E-state index in [1.54, 1.807) is 0 Å². The lowest BCUT2D eigenvalue weighted by atomic mass is 9.89. The molecule has 0 aromatic heterocycles. The zero-order chi connectivity index (χ0) is 20.9. The second kappa shape index (κ2) is 9.71. The van der Waals surface area contributed by atoms with Crippen LogP contribution >= 0.6 is 34.8 Å². The second-order valence-electron chi connectivity index (χ2n) is 7.17. The highest BCUT2D eigenvalue weighted by atomic mass is 35.5. The van der Waals surface area contributed by atoms with Gasteiger partial charge in [0.2, 0.25) is 0 Å². The standard InChI is InChI=1S/C27H21Cl3/c28-16-19-7-1-4-10-25(19)22-13-23(26-11-5-2-8-20(26)17-29)15-24(14-22)27-12-6-3-9-21(27)18-30/h1-15H,16-18H2. The van der Waals surface area contributed by atoms with Crippen molar-refractivity contribution in [2.75, 3.05) is 0 Å². The molecule has 0 amide bonds. The summed E-state index contributed by atoms with van der Waals surface area (Å²) >= 11 is 18.8. The Balaban J connectivity index is 2.00. The Kier molecular flexibility index (Phi) is 6.79. The van der Waals surface area contributed by atoms with Crippen LogP contribution in [0.1, 0.15) is 16.7 Å². The Bertz CT molecular complexity index is 1010. The van der Waals surface area contributed by atoms with Crippen molar-refractivity contribution in [3.05, 3.63) is 108 Å². The third kappa shape index (κ3) is 4.27. The SMILES string of the molecule is ClCc1ccccc1-c1cc(-c2ccccc2CCl)cc(-c2ccccc2CCl)c1. The number of halogens is 3. The fourth-order valence-corrected chi connectivity index (χ4v) is 4.55. The molecular weight excluding hydrogens is 431 g/mol. The Hall–Kier alpha value is -2.25. The van der Waals surface area contributed by atoms with Crippen molar-refractivity contribution in [3.63, 3.8) is 0 Å². The topological polar surface area (TPSA) is 0 Å². The lowest BCUT2D eigenvalue weighted by molar-refractivity contribution is 1.37. The molecule has 150 valence electrons. The first kappa shape index (κ1) is 21.0. The molecule has 0 saturated heterocycles. The predicted octanol–water partition coefficient (Wildman–Crippen LogP) is 8.90. The third-order valence-corrected chi connectivity index (χ3v) is 6.21. The number of hydrogen-bond acceptors (Lipinski definition) is 0. The molecule has 0 spiro atoms. The molecule has 0 bridgehead atoms. The van der Waals surface area contributed by atoms with Crippen molar-refractivity contribution in [1.29, 1.82) is 0 Å². The first-order valence-corrected chi connectivity index (χ1v) is 11.4. The van der Waals surface area contributed by atoms with E-state index in [4.69, 9.17) is 34.8 Å². The molecule has 4 aromatic carbocycles. The monoisotopic (exact) mass is 450 g/mol. The van der Waals surface area contributed by atoms with Crippen LogP contribution in [-0.4, -0.2) is 0 Å². The van der Waals surface area contributed by atoms with Gasteiger partial charge in [-0.15, -0.1) is 34.8 Å². The van der Waals surface area contributed by atoms with Crippen molar-refractivity contribution in [2.24, 2.45) is 0 Å². The van der Waals surface area contributed by atoms with E-state index in [1.807, 2.05) is 18.2 Å². The molecule has 0 saturated carbocycles. The number of benzene rings is 4. The van der Waals surface area contributed by atoms with Gasteiger partial charge in [0, 0.05) is 17.6 Å². The molecule has 0 aliphatic carbocycles. The summed E-state index contributed by atoms with van der Waals surface area (Å²) < 4.78 is 0. The number of hydrogen-bond donors (Lipinski definition) is 0. The largest absolute Gasteiger partial charge is 0.122 e. The minimum atomic E-state index is 0.465. The molecule has 0 aliphatic rings. The third-order valence-electron chi connectivity index (χ3n) is 5.35. The van der Waals surface area contributed by atoms with E-state index >= 15 is 0 Å². The second-order valence-corrected chi connectivity index (χ2v) is 7.97. The van der Waals surface area contributed by atoms with Crippen molar-refractivity contribution in [2.45, 2.75) is 17.6 Å². The van der Waals surface area contributed by atoms with E-state index in [9.17, 15) is 0 Å². The Morgan fingerprint density at radius 3 is 0.933 bits per heavy atom. The first-order valence-electron chi connectivity index (χ1n) is 9.83. The molecule has 0 nitrogen and oxygen atoms in total. The van der Waals surface area contributed by atoms with Gasteiger partial charge in [-0.3, -0.25) is 0 Å². The number of rotatable bonds is 6. The summed E-state index contributed by atoms with van der Waals surface area (Å²) in [5.41, 5.74) is 10.1. The predicted molar refractivity (Wildman–Crippen MR) is 131 cm³/mol. The van der Waals surface area contributed by atoms with Gasteiger partial charge in [-0.1, -0.05) is 72.8 Å². The summed E-state index contributed by atoms with van der Waals surface area (Å²) in [5, 5.41) is 0. The molecular formula is C27H21Cl3. The van der Waals surface area contributed by atoms with Gasteiger partial charge < -0.3 is 0 Å². The summed E-state index contributed by atoms with van der Waals surface area (Å²) in [5.74, 6) is 1.39. The quantitative estimate of drug-likeness (QED) is 0.257. The maximum atomic E-state index is 6.26. The van der Waals surface area contributed by atoms with Crippen LogP contribution < -0.4 is 0 Å².